The second-order valence-electron chi connectivity index (χ2n) is 3.14. The van der Waals surface area contributed by atoms with Gasteiger partial charge in [0, 0.05) is 7.11 Å². The quantitative estimate of drug-likeness (QED) is 0.462. The molecule has 16 heavy (non-hydrogen) atoms. The van der Waals surface area contributed by atoms with Crippen molar-refractivity contribution in [1.29, 1.82) is 0 Å². The zero-order valence-corrected chi connectivity index (χ0v) is 9.06. The van der Waals surface area contributed by atoms with Gasteiger partial charge >= 0.3 is 12.1 Å². The number of ether oxygens (including phenoxy) is 4. The van der Waals surface area contributed by atoms with Crippen LogP contribution in [0.2, 0.25) is 0 Å². The minimum absolute atomic E-state index is 0.0468. The number of cyclic esters (lactones) is 1. The van der Waals surface area contributed by atoms with Gasteiger partial charge < -0.3 is 24.3 Å². The zero-order chi connectivity index (χ0) is 11.8. The Balaban J connectivity index is 1.99. The van der Waals surface area contributed by atoms with Crippen molar-refractivity contribution >= 4 is 12.1 Å². The summed E-state index contributed by atoms with van der Waals surface area (Å²) in [4.78, 5) is 21.7. The molecule has 1 saturated heterocycles. The molecule has 1 rings (SSSR count). The molecule has 1 N–H and O–H groups in total. The number of hydrogen-bond donors (Lipinski definition) is 1. The maximum atomic E-state index is 11.1. The summed E-state index contributed by atoms with van der Waals surface area (Å²) < 4.78 is 19.3. The molecule has 1 fully saturated rings. The summed E-state index contributed by atoms with van der Waals surface area (Å²) in [6.45, 7) is 1.04. The van der Waals surface area contributed by atoms with Gasteiger partial charge in [-0.3, -0.25) is 0 Å². The molecule has 92 valence electrons. The first kappa shape index (κ1) is 12.7. The zero-order valence-electron chi connectivity index (χ0n) is 9.06. The highest BCUT2D eigenvalue weighted by Gasteiger charge is 2.23. The molecule has 0 radical (unpaired) electrons. The number of rotatable bonds is 7. The minimum atomic E-state index is -0.489. The van der Waals surface area contributed by atoms with E-state index in [1.807, 2.05) is 0 Å². The fourth-order valence-electron chi connectivity index (χ4n) is 1.05. The van der Waals surface area contributed by atoms with E-state index < -0.39 is 18.2 Å². The van der Waals surface area contributed by atoms with E-state index in [-0.39, 0.29) is 13.2 Å². The van der Waals surface area contributed by atoms with E-state index in [0.29, 0.717) is 19.8 Å². The second kappa shape index (κ2) is 7.02. The highest BCUT2D eigenvalue weighted by molar-refractivity contribution is 5.71. The SMILES string of the molecule is COCCOCC(=O)OC[C@@H]1CNC(=O)O1. The molecular weight excluding hydrogens is 218 g/mol. The van der Waals surface area contributed by atoms with Gasteiger partial charge in [-0.1, -0.05) is 0 Å². The molecule has 7 nitrogen and oxygen atoms in total. The topological polar surface area (TPSA) is 83.1 Å². The molecule has 0 spiro atoms. The van der Waals surface area contributed by atoms with E-state index in [1.54, 1.807) is 7.11 Å². The largest absolute Gasteiger partial charge is 0.460 e. The Morgan fingerprint density at radius 1 is 1.56 bits per heavy atom. The standard InChI is InChI=1S/C9H15NO6/c1-13-2-3-14-6-8(11)15-5-7-4-10-9(12)16-7/h7H,2-6H2,1H3,(H,10,12)/t7-/m0/s1. The van der Waals surface area contributed by atoms with Gasteiger partial charge in [-0.2, -0.15) is 0 Å². The van der Waals surface area contributed by atoms with Crippen LogP contribution in [0.5, 0.6) is 0 Å². The number of carbonyl (C=O) groups excluding carboxylic acids is 2. The van der Waals surface area contributed by atoms with Crippen LogP contribution in [0.3, 0.4) is 0 Å². The first-order chi connectivity index (χ1) is 7.72. The first-order valence-electron chi connectivity index (χ1n) is 4.89. The summed E-state index contributed by atoms with van der Waals surface area (Å²) >= 11 is 0. The van der Waals surface area contributed by atoms with Gasteiger partial charge in [0.2, 0.25) is 0 Å². The van der Waals surface area contributed by atoms with Gasteiger partial charge in [0.15, 0.2) is 6.10 Å². The number of amides is 1. The Kier molecular flexibility index (Phi) is 5.58. The monoisotopic (exact) mass is 233 g/mol. The third-order valence-corrected chi connectivity index (χ3v) is 1.83. The third kappa shape index (κ3) is 4.94. The maximum Gasteiger partial charge on any atom is 0.407 e. The van der Waals surface area contributed by atoms with E-state index in [9.17, 15) is 9.59 Å². The molecule has 1 aliphatic rings. The number of nitrogens with one attached hydrogen (secondary N) is 1. The number of carbonyl (C=O) groups is 2. The Labute approximate surface area is 93.0 Å². The van der Waals surface area contributed by atoms with Gasteiger partial charge in [0.1, 0.15) is 13.2 Å². The molecule has 0 saturated carbocycles. The van der Waals surface area contributed by atoms with Crippen molar-refractivity contribution in [2.24, 2.45) is 0 Å². The van der Waals surface area contributed by atoms with E-state index in [2.05, 4.69) is 5.32 Å². The van der Waals surface area contributed by atoms with Crippen LogP contribution in [0.1, 0.15) is 0 Å². The van der Waals surface area contributed by atoms with Crippen LogP contribution in [0.4, 0.5) is 4.79 Å². The Morgan fingerprint density at radius 3 is 3.00 bits per heavy atom. The van der Waals surface area contributed by atoms with Gasteiger partial charge in [-0.05, 0) is 0 Å². The number of hydrogen-bond acceptors (Lipinski definition) is 6. The van der Waals surface area contributed by atoms with Crippen molar-refractivity contribution in [3.63, 3.8) is 0 Å². The highest BCUT2D eigenvalue weighted by Crippen LogP contribution is 2.00. The first-order valence-corrected chi connectivity index (χ1v) is 4.89. The lowest BCUT2D eigenvalue weighted by atomic mass is 10.4. The molecule has 0 aromatic carbocycles. The van der Waals surface area contributed by atoms with Gasteiger partial charge in [-0.25, -0.2) is 9.59 Å². The highest BCUT2D eigenvalue weighted by atomic mass is 16.6. The Morgan fingerprint density at radius 2 is 2.38 bits per heavy atom. The van der Waals surface area contributed by atoms with Crippen molar-refractivity contribution < 1.29 is 28.5 Å². The van der Waals surface area contributed by atoms with Gasteiger partial charge in [0.05, 0.1) is 19.8 Å². The maximum absolute atomic E-state index is 11.1. The molecule has 0 aromatic rings. The fraction of sp³-hybridized carbons (Fsp3) is 0.778. The molecule has 0 unspecified atom stereocenters. The van der Waals surface area contributed by atoms with Crippen molar-refractivity contribution in [2.75, 3.05) is 40.1 Å². The number of alkyl carbamates (subject to hydrolysis) is 1. The van der Waals surface area contributed by atoms with Crippen molar-refractivity contribution in [2.45, 2.75) is 6.10 Å². The average molecular weight is 233 g/mol. The summed E-state index contributed by atoms with van der Waals surface area (Å²) in [5, 5.41) is 2.45. The van der Waals surface area contributed by atoms with Crippen LogP contribution in [0, 0.1) is 0 Å². The van der Waals surface area contributed by atoms with Crippen LogP contribution in [0.15, 0.2) is 0 Å². The van der Waals surface area contributed by atoms with Crippen LogP contribution >= 0.6 is 0 Å². The van der Waals surface area contributed by atoms with E-state index in [0.717, 1.165) is 0 Å². The number of methoxy groups -OCH3 is 1. The molecule has 1 amide bonds. The predicted molar refractivity (Wildman–Crippen MR) is 51.9 cm³/mol. The molecule has 1 aliphatic heterocycles. The minimum Gasteiger partial charge on any atom is -0.460 e. The summed E-state index contributed by atoms with van der Waals surface area (Å²) in [5.41, 5.74) is 0. The molecule has 7 heteroatoms. The number of esters is 1. The average Bonchev–Trinajstić information content (AvgIpc) is 2.68. The molecule has 1 heterocycles. The summed E-state index contributed by atoms with van der Waals surface area (Å²) in [6, 6.07) is 0. The lowest BCUT2D eigenvalue weighted by Crippen LogP contribution is -2.24. The van der Waals surface area contributed by atoms with E-state index >= 15 is 0 Å². The lowest BCUT2D eigenvalue weighted by molar-refractivity contribution is -0.151. The fourth-order valence-corrected chi connectivity index (χ4v) is 1.05. The van der Waals surface area contributed by atoms with Gasteiger partial charge in [-0.15, -0.1) is 0 Å². The summed E-state index contributed by atoms with van der Waals surface area (Å²) in [6.07, 6.45) is -0.896. The summed E-state index contributed by atoms with van der Waals surface area (Å²) in [5.74, 6) is -0.487. The molecule has 0 aromatic heterocycles. The summed E-state index contributed by atoms with van der Waals surface area (Å²) in [7, 11) is 1.54. The van der Waals surface area contributed by atoms with Crippen LogP contribution < -0.4 is 5.32 Å². The van der Waals surface area contributed by atoms with Crippen LogP contribution in [-0.2, 0) is 23.7 Å². The van der Waals surface area contributed by atoms with Crippen molar-refractivity contribution in [3.05, 3.63) is 0 Å². The van der Waals surface area contributed by atoms with E-state index in [4.69, 9.17) is 18.9 Å². The van der Waals surface area contributed by atoms with Crippen LogP contribution in [-0.4, -0.2) is 58.2 Å². The molecule has 0 bridgehead atoms. The smallest absolute Gasteiger partial charge is 0.407 e. The predicted octanol–water partition coefficient (Wildman–Crippen LogP) is -0.699. The normalized spacial score (nSPS) is 19.1. The molecular formula is C9H15NO6. The second-order valence-corrected chi connectivity index (χ2v) is 3.14. The molecule has 1 atom stereocenters. The Hall–Kier alpha value is -1.34. The van der Waals surface area contributed by atoms with Gasteiger partial charge in [0.25, 0.3) is 0 Å². The van der Waals surface area contributed by atoms with Crippen molar-refractivity contribution in [1.82, 2.24) is 5.32 Å². The third-order valence-electron chi connectivity index (χ3n) is 1.83. The Bertz CT molecular complexity index is 244. The molecule has 0 aliphatic carbocycles. The van der Waals surface area contributed by atoms with E-state index in [1.165, 1.54) is 0 Å². The van der Waals surface area contributed by atoms with Crippen molar-refractivity contribution in [3.8, 4) is 0 Å². The lowest BCUT2D eigenvalue weighted by Gasteiger charge is -2.08. The van der Waals surface area contributed by atoms with Crippen LogP contribution in [0.25, 0.3) is 0 Å².